The van der Waals surface area contributed by atoms with Crippen molar-refractivity contribution >= 4 is 6.29 Å². The topological polar surface area (TPSA) is 35.5 Å². The molecule has 0 rings (SSSR count). The van der Waals surface area contributed by atoms with Crippen molar-refractivity contribution in [2.45, 2.75) is 13.3 Å². The van der Waals surface area contributed by atoms with Gasteiger partial charge in [0.2, 0.25) is 0 Å². The molecule has 0 aromatic heterocycles. The van der Waals surface area contributed by atoms with Gasteiger partial charge in [-0.05, 0) is 24.5 Å². The van der Waals surface area contributed by atoms with Crippen LogP contribution >= 0.6 is 0 Å². The SMILES string of the molecule is C=C(C)C=O.C=C/C=C(/CCOC)C(=C)OC. The van der Waals surface area contributed by atoms with Crippen LogP contribution in [0, 0.1) is 0 Å². The first-order valence-corrected chi connectivity index (χ1v) is 5.17. The van der Waals surface area contributed by atoms with Crippen molar-refractivity contribution in [1.29, 1.82) is 0 Å². The van der Waals surface area contributed by atoms with Gasteiger partial charge in [-0.1, -0.05) is 31.9 Å². The molecule has 0 aliphatic heterocycles. The van der Waals surface area contributed by atoms with Crippen molar-refractivity contribution in [3.63, 3.8) is 0 Å². The molecule has 17 heavy (non-hydrogen) atoms. The van der Waals surface area contributed by atoms with Gasteiger partial charge in [0.15, 0.2) is 0 Å². The molecule has 0 bridgehead atoms. The van der Waals surface area contributed by atoms with Crippen LogP contribution in [0.15, 0.2) is 48.8 Å². The highest BCUT2D eigenvalue weighted by molar-refractivity contribution is 5.70. The molecule has 3 heteroatoms. The van der Waals surface area contributed by atoms with Gasteiger partial charge in [0, 0.05) is 7.11 Å². The Balaban J connectivity index is 0. The summed E-state index contributed by atoms with van der Waals surface area (Å²) in [5.41, 5.74) is 1.60. The standard InChI is InChI=1S/C10H16O2.C4H6O/c1-5-6-10(7-8-11-3)9(2)12-4;1-4(2)3-5/h5-6H,1-2,7-8H2,3-4H3;3H,1H2,2H3/b10-6-;. The molecular formula is C14H22O3. The van der Waals surface area contributed by atoms with E-state index < -0.39 is 0 Å². The maximum Gasteiger partial charge on any atom is 0.145 e. The molecule has 0 unspecified atom stereocenters. The molecule has 0 spiro atoms. The van der Waals surface area contributed by atoms with Crippen LogP contribution in [-0.4, -0.2) is 27.1 Å². The molecule has 0 aliphatic carbocycles. The third-order valence-corrected chi connectivity index (χ3v) is 1.70. The highest BCUT2D eigenvalue weighted by Gasteiger charge is 2.00. The van der Waals surface area contributed by atoms with E-state index in [9.17, 15) is 4.79 Å². The number of hydrogen-bond acceptors (Lipinski definition) is 3. The van der Waals surface area contributed by atoms with Gasteiger partial charge < -0.3 is 9.47 Å². The van der Waals surface area contributed by atoms with Gasteiger partial charge in [0.1, 0.15) is 12.0 Å². The maximum absolute atomic E-state index is 9.41. The van der Waals surface area contributed by atoms with Crippen molar-refractivity contribution < 1.29 is 14.3 Å². The number of carbonyl (C=O) groups excluding carboxylic acids is 1. The van der Waals surface area contributed by atoms with Gasteiger partial charge in [-0.25, -0.2) is 0 Å². The number of ether oxygens (including phenoxy) is 2. The van der Waals surface area contributed by atoms with E-state index in [0.717, 1.165) is 18.3 Å². The largest absolute Gasteiger partial charge is 0.497 e. The molecule has 0 saturated heterocycles. The van der Waals surface area contributed by atoms with E-state index in [1.807, 2.05) is 6.08 Å². The fourth-order valence-electron chi connectivity index (χ4n) is 0.801. The zero-order valence-electron chi connectivity index (χ0n) is 11.0. The highest BCUT2D eigenvalue weighted by atomic mass is 16.5. The molecule has 0 amide bonds. The summed E-state index contributed by atoms with van der Waals surface area (Å²) in [6.45, 7) is 13.0. The molecule has 0 aromatic rings. The summed E-state index contributed by atoms with van der Waals surface area (Å²) in [5.74, 6) is 0.673. The Morgan fingerprint density at radius 3 is 2.12 bits per heavy atom. The average Bonchev–Trinajstić information content (AvgIpc) is 2.34. The van der Waals surface area contributed by atoms with Gasteiger partial charge in [0.05, 0.1) is 13.7 Å². The number of hydrogen-bond donors (Lipinski definition) is 0. The quantitative estimate of drug-likeness (QED) is 0.296. The third-order valence-electron chi connectivity index (χ3n) is 1.70. The summed E-state index contributed by atoms with van der Waals surface area (Å²) >= 11 is 0. The molecule has 0 atom stereocenters. The Hall–Kier alpha value is -1.61. The minimum Gasteiger partial charge on any atom is -0.497 e. The van der Waals surface area contributed by atoms with Crippen molar-refractivity contribution in [2.75, 3.05) is 20.8 Å². The lowest BCUT2D eigenvalue weighted by Gasteiger charge is -2.07. The van der Waals surface area contributed by atoms with E-state index in [1.165, 1.54) is 0 Å². The van der Waals surface area contributed by atoms with Crippen LogP contribution in [0.5, 0.6) is 0 Å². The average molecular weight is 238 g/mol. The summed E-state index contributed by atoms with van der Waals surface area (Å²) in [4.78, 5) is 9.41. The van der Waals surface area contributed by atoms with E-state index in [-0.39, 0.29) is 0 Å². The number of carbonyl (C=O) groups is 1. The third kappa shape index (κ3) is 12.3. The summed E-state index contributed by atoms with van der Waals surface area (Å²) in [7, 11) is 3.27. The Morgan fingerprint density at radius 1 is 1.29 bits per heavy atom. The predicted molar refractivity (Wildman–Crippen MR) is 71.8 cm³/mol. The Bertz CT molecular complexity index is 288. The minimum absolute atomic E-state index is 0.574. The van der Waals surface area contributed by atoms with E-state index >= 15 is 0 Å². The van der Waals surface area contributed by atoms with Crippen LogP contribution in [0.3, 0.4) is 0 Å². The lowest BCUT2D eigenvalue weighted by atomic mass is 10.1. The van der Waals surface area contributed by atoms with Crippen molar-refractivity contribution in [1.82, 2.24) is 0 Å². The van der Waals surface area contributed by atoms with Gasteiger partial charge in [-0.2, -0.15) is 0 Å². The van der Waals surface area contributed by atoms with Crippen LogP contribution in [0.2, 0.25) is 0 Å². The van der Waals surface area contributed by atoms with Crippen molar-refractivity contribution in [2.24, 2.45) is 0 Å². The molecule has 0 fully saturated rings. The second-order valence-electron chi connectivity index (χ2n) is 3.26. The summed E-state index contributed by atoms with van der Waals surface area (Å²) in [6.07, 6.45) is 5.12. The maximum atomic E-state index is 9.41. The summed E-state index contributed by atoms with van der Waals surface area (Å²) in [6, 6.07) is 0. The smallest absolute Gasteiger partial charge is 0.145 e. The summed E-state index contributed by atoms with van der Waals surface area (Å²) < 4.78 is 9.94. The second kappa shape index (κ2) is 12.5. The van der Waals surface area contributed by atoms with E-state index in [0.29, 0.717) is 17.9 Å². The van der Waals surface area contributed by atoms with Crippen LogP contribution in [0.4, 0.5) is 0 Å². The molecule has 96 valence electrons. The molecule has 3 nitrogen and oxygen atoms in total. The number of methoxy groups -OCH3 is 2. The van der Waals surface area contributed by atoms with Gasteiger partial charge in [0.25, 0.3) is 0 Å². The molecular weight excluding hydrogens is 216 g/mol. The monoisotopic (exact) mass is 238 g/mol. The second-order valence-corrected chi connectivity index (χ2v) is 3.26. The molecule has 0 heterocycles. The van der Waals surface area contributed by atoms with Crippen LogP contribution in [0.25, 0.3) is 0 Å². The molecule has 0 saturated carbocycles. The fourth-order valence-corrected chi connectivity index (χ4v) is 0.801. The lowest BCUT2D eigenvalue weighted by Crippen LogP contribution is -1.96. The van der Waals surface area contributed by atoms with Crippen LogP contribution in [0.1, 0.15) is 13.3 Å². The molecule has 0 N–H and O–H groups in total. The Morgan fingerprint density at radius 2 is 1.82 bits per heavy atom. The lowest BCUT2D eigenvalue weighted by molar-refractivity contribution is -0.104. The first-order valence-electron chi connectivity index (χ1n) is 5.17. The van der Waals surface area contributed by atoms with Crippen molar-refractivity contribution in [3.8, 4) is 0 Å². The summed E-state index contributed by atoms with van der Waals surface area (Å²) in [5, 5.41) is 0. The predicted octanol–water partition coefficient (Wildman–Crippen LogP) is 3.06. The number of allylic oxidation sites excluding steroid dienone is 4. The highest BCUT2D eigenvalue weighted by Crippen LogP contribution is 2.12. The van der Waals surface area contributed by atoms with Crippen molar-refractivity contribution in [3.05, 3.63) is 48.8 Å². The van der Waals surface area contributed by atoms with E-state index in [2.05, 4.69) is 19.7 Å². The van der Waals surface area contributed by atoms with E-state index in [4.69, 9.17) is 9.47 Å². The number of aldehydes is 1. The number of rotatable bonds is 7. The first-order chi connectivity index (χ1) is 8.03. The Kier molecular flexibility index (Phi) is 13.0. The fraction of sp³-hybridized carbons (Fsp3) is 0.357. The molecule has 0 aliphatic rings. The minimum atomic E-state index is 0.574. The van der Waals surface area contributed by atoms with E-state index in [1.54, 1.807) is 27.2 Å². The molecule has 0 radical (unpaired) electrons. The zero-order valence-corrected chi connectivity index (χ0v) is 11.0. The molecule has 0 aromatic carbocycles. The Labute approximate surface area is 104 Å². The van der Waals surface area contributed by atoms with Crippen LogP contribution in [-0.2, 0) is 14.3 Å². The first kappa shape index (κ1) is 17.8. The van der Waals surface area contributed by atoms with Gasteiger partial charge in [-0.3, -0.25) is 4.79 Å². The zero-order chi connectivity index (χ0) is 13.7. The van der Waals surface area contributed by atoms with Crippen LogP contribution < -0.4 is 0 Å². The normalized spacial score (nSPS) is 9.71. The van der Waals surface area contributed by atoms with Gasteiger partial charge >= 0.3 is 0 Å². The van der Waals surface area contributed by atoms with Gasteiger partial charge in [-0.15, -0.1) is 0 Å².